The fourth-order valence-corrected chi connectivity index (χ4v) is 6.10. The van der Waals surface area contributed by atoms with Gasteiger partial charge >= 0.3 is 0 Å². The summed E-state index contributed by atoms with van der Waals surface area (Å²) < 4.78 is 50.1. The van der Waals surface area contributed by atoms with Gasteiger partial charge in [-0.1, -0.05) is 18.2 Å². The molecule has 2 aromatic carbocycles. The average Bonchev–Trinajstić information content (AvgIpc) is 3.60. The number of hydrogen-bond donors (Lipinski definition) is 3. The highest BCUT2D eigenvalue weighted by Gasteiger charge is 2.22. The molecular formula is C30H29FN8O4S. The maximum Gasteiger partial charge on any atom is 0.282 e. The lowest BCUT2D eigenvalue weighted by Crippen LogP contribution is -2.29. The molecule has 226 valence electrons. The van der Waals surface area contributed by atoms with Gasteiger partial charge in [0.1, 0.15) is 29.1 Å². The van der Waals surface area contributed by atoms with Crippen molar-refractivity contribution in [3.63, 3.8) is 0 Å². The van der Waals surface area contributed by atoms with Gasteiger partial charge in [-0.2, -0.15) is 5.10 Å². The number of methoxy groups -OCH3 is 1. The summed E-state index contributed by atoms with van der Waals surface area (Å²) in [6.07, 6.45) is 4.78. The topological polar surface area (TPSA) is 148 Å². The molecule has 0 aliphatic rings. The lowest BCUT2D eigenvalue weighted by Gasteiger charge is -2.20. The SMILES string of the molecule is COCCS(=O)(=O)Nc1cc(F)cc(-c2c[nH]c3ncnc(NC(C)c4nn5ccc(C)c5c(=O)n4-c4ccccc4)c23)c1. The van der Waals surface area contributed by atoms with E-state index in [0.717, 1.165) is 11.6 Å². The van der Waals surface area contributed by atoms with Gasteiger partial charge in [0.05, 0.1) is 35.2 Å². The van der Waals surface area contributed by atoms with Crippen molar-refractivity contribution in [1.82, 2.24) is 29.1 Å². The molecule has 14 heteroatoms. The summed E-state index contributed by atoms with van der Waals surface area (Å²) in [5.41, 5.74) is 3.20. The number of aryl methyl sites for hydroxylation is 1. The fourth-order valence-electron chi connectivity index (χ4n) is 5.14. The fraction of sp³-hybridized carbons (Fsp3) is 0.200. The van der Waals surface area contributed by atoms with E-state index in [-0.39, 0.29) is 23.6 Å². The second-order valence-electron chi connectivity index (χ2n) is 10.3. The molecule has 12 nitrogen and oxygen atoms in total. The van der Waals surface area contributed by atoms with Crippen LogP contribution in [-0.4, -0.2) is 57.0 Å². The van der Waals surface area contributed by atoms with Gasteiger partial charge in [-0.25, -0.2) is 27.3 Å². The van der Waals surface area contributed by atoms with Gasteiger partial charge < -0.3 is 15.0 Å². The number of para-hydroxylation sites is 1. The van der Waals surface area contributed by atoms with E-state index in [9.17, 15) is 17.6 Å². The number of ether oxygens (including phenoxy) is 1. The molecule has 6 rings (SSSR count). The van der Waals surface area contributed by atoms with Crippen molar-refractivity contribution in [1.29, 1.82) is 0 Å². The Bertz CT molecular complexity index is 2160. The number of anilines is 2. The molecule has 0 saturated carbocycles. The Hall–Kier alpha value is -5.08. The zero-order valence-corrected chi connectivity index (χ0v) is 24.9. The van der Waals surface area contributed by atoms with Crippen LogP contribution in [0.15, 0.2) is 78.1 Å². The third kappa shape index (κ3) is 5.52. The standard InChI is InChI=1S/C30H29FN8O4S/c1-18-9-10-38-26(18)30(40)39(23-7-5-4-6-8-23)29(36-38)19(2)35-28-25-24(16-32-27(25)33-17-34-28)20-13-21(31)15-22(14-20)37-44(41,42)12-11-43-3/h4-10,13-17,19,37H,11-12H2,1-3H3,(H2,32,33,34,35). The number of aromatic amines is 1. The van der Waals surface area contributed by atoms with Crippen LogP contribution in [0.25, 0.3) is 33.4 Å². The molecule has 3 N–H and O–H groups in total. The van der Waals surface area contributed by atoms with Gasteiger partial charge in [-0.05, 0) is 61.4 Å². The predicted octanol–water partition coefficient (Wildman–Crippen LogP) is 4.43. The molecule has 6 aromatic rings. The molecule has 0 aliphatic carbocycles. The van der Waals surface area contributed by atoms with Crippen LogP contribution >= 0.6 is 0 Å². The normalized spacial score (nSPS) is 12.5. The van der Waals surface area contributed by atoms with Crippen LogP contribution in [0.1, 0.15) is 24.4 Å². The monoisotopic (exact) mass is 616 g/mol. The highest BCUT2D eigenvalue weighted by Crippen LogP contribution is 2.35. The number of nitrogens with one attached hydrogen (secondary N) is 3. The Labute approximate surface area is 251 Å². The average molecular weight is 617 g/mol. The zero-order chi connectivity index (χ0) is 31.0. The van der Waals surface area contributed by atoms with Crippen LogP contribution in [0.5, 0.6) is 0 Å². The first-order valence-corrected chi connectivity index (χ1v) is 15.4. The van der Waals surface area contributed by atoms with Crippen LogP contribution in [0.4, 0.5) is 15.9 Å². The zero-order valence-electron chi connectivity index (χ0n) is 24.1. The molecule has 0 amide bonds. The maximum atomic E-state index is 14.8. The van der Waals surface area contributed by atoms with Crippen molar-refractivity contribution in [3.8, 4) is 16.8 Å². The molecule has 44 heavy (non-hydrogen) atoms. The van der Waals surface area contributed by atoms with Crippen LogP contribution in [0, 0.1) is 12.7 Å². The van der Waals surface area contributed by atoms with Crippen LogP contribution in [0.2, 0.25) is 0 Å². The van der Waals surface area contributed by atoms with Crippen LogP contribution in [0.3, 0.4) is 0 Å². The Morgan fingerprint density at radius 3 is 2.68 bits per heavy atom. The smallest absolute Gasteiger partial charge is 0.282 e. The summed E-state index contributed by atoms with van der Waals surface area (Å²) in [4.78, 5) is 25.7. The maximum absolute atomic E-state index is 14.8. The lowest BCUT2D eigenvalue weighted by molar-refractivity contribution is 0.217. The van der Waals surface area contributed by atoms with Gasteiger partial charge in [0.25, 0.3) is 5.56 Å². The number of hydrogen-bond acceptors (Lipinski definition) is 8. The molecule has 4 aromatic heterocycles. The summed E-state index contributed by atoms with van der Waals surface area (Å²) in [5.74, 6) is -0.0689. The highest BCUT2D eigenvalue weighted by molar-refractivity contribution is 7.92. The summed E-state index contributed by atoms with van der Waals surface area (Å²) in [7, 11) is -2.36. The van der Waals surface area contributed by atoms with Gasteiger partial charge in [-0.3, -0.25) is 14.1 Å². The van der Waals surface area contributed by atoms with E-state index in [1.807, 2.05) is 50.2 Å². The highest BCUT2D eigenvalue weighted by atomic mass is 32.2. The number of rotatable bonds is 10. The van der Waals surface area contributed by atoms with Gasteiger partial charge in [0, 0.05) is 25.1 Å². The number of fused-ring (bicyclic) bond motifs is 2. The largest absolute Gasteiger partial charge is 0.384 e. The molecule has 0 fully saturated rings. The minimum Gasteiger partial charge on any atom is -0.384 e. The van der Waals surface area contributed by atoms with E-state index in [1.54, 1.807) is 21.5 Å². The van der Waals surface area contributed by atoms with Crippen LogP contribution < -0.4 is 15.6 Å². The summed E-state index contributed by atoms with van der Waals surface area (Å²) >= 11 is 0. The molecule has 4 heterocycles. The Morgan fingerprint density at radius 2 is 1.91 bits per heavy atom. The van der Waals surface area contributed by atoms with E-state index in [0.29, 0.717) is 45.0 Å². The third-order valence-electron chi connectivity index (χ3n) is 7.18. The first-order chi connectivity index (χ1) is 21.1. The van der Waals surface area contributed by atoms with Crippen molar-refractivity contribution in [2.24, 2.45) is 0 Å². The summed E-state index contributed by atoms with van der Waals surface area (Å²) in [5, 5.41) is 8.72. The molecule has 1 atom stereocenters. The van der Waals surface area contributed by atoms with E-state index in [4.69, 9.17) is 9.84 Å². The first kappa shape index (κ1) is 29.0. The summed E-state index contributed by atoms with van der Waals surface area (Å²) in [6.45, 7) is 3.72. The van der Waals surface area contributed by atoms with E-state index >= 15 is 0 Å². The first-order valence-electron chi connectivity index (χ1n) is 13.7. The molecule has 0 bridgehead atoms. The minimum absolute atomic E-state index is 0.00560. The lowest BCUT2D eigenvalue weighted by atomic mass is 10.0. The van der Waals surface area contributed by atoms with Crippen molar-refractivity contribution in [2.45, 2.75) is 19.9 Å². The Kier molecular flexibility index (Phi) is 7.61. The van der Waals surface area contributed by atoms with Crippen molar-refractivity contribution >= 4 is 38.1 Å². The molecule has 0 radical (unpaired) electrons. The number of sulfonamides is 1. The van der Waals surface area contributed by atoms with E-state index < -0.39 is 21.9 Å². The van der Waals surface area contributed by atoms with Gasteiger partial charge in [0.2, 0.25) is 10.0 Å². The molecule has 1 unspecified atom stereocenters. The predicted molar refractivity (Wildman–Crippen MR) is 166 cm³/mol. The quantitative estimate of drug-likeness (QED) is 0.205. The van der Waals surface area contributed by atoms with Crippen molar-refractivity contribution in [3.05, 3.63) is 101 Å². The second kappa shape index (κ2) is 11.5. The van der Waals surface area contributed by atoms with E-state index in [2.05, 4.69) is 25.0 Å². The number of H-pyrrole nitrogens is 1. The Morgan fingerprint density at radius 1 is 1.11 bits per heavy atom. The summed E-state index contributed by atoms with van der Waals surface area (Å²) in [6, 6.07) is 14.5. The number of benzene rings is 2. The number of halogens is 1. The molecule has 0 saturated heterocycles. The van der Waals surface area contributed by atoms with Crippen molar-refractivity contribution < 1.29 is 17.5 Å². The molecule has 0 spiro atoms. The van der Waals surface area contributed by atoms with Crippen LogP contribution in [-0.2, 0) is 14.8 Å². The molecular weight excluding hydrogens is 587 g/mol. The van der Waals surface area contributed by atoms with Gasteiger partial charge in [-0.15, -0.1) is 0 Å². The van der Waals surface area contributed by atoms with Crippen molar-refractivity contribution in [2.75, 3.05) is 29.5 Å². The molecule has 0 aliphatic heterocycles. The third-order valence-corrected chi connectivity index (χ3v) is 8.43. The van der Waals surface area contributed by atoms with Gasteiger partial charge in [0.15, 0.2) is 5.82 Å². The second-order valence-corrected chi connectivity index (χ2v) is 12.1. The number of aromatic nitrogens is 6. The van der Waals surface area contributed by atoms with E-state index in [1.165, 1.54) is 25.6 Å². The Balaban J connectivity index is 1.42. The number of nitrogens with zero attached hydrogens (tertiary/aromatic N) is 5. The minimum atomic E-state index is -3.76.